The molecule has 0 aliphatic carbocycles. The monoisotopic (exact) mass is 327 g/mol. The summed E-state index contributed by atoms with van der Waals surface area (Å²) in [6.45, 7) is 0.487. The lowest BCUT2D eigenvalue weighted by Crippen LogP contribution is -2.22. The highest BCUT2D eigenvalue weighted by Gasteiger charge is 2.04. The van der Waals surface area contributed by atoms with E-state index >= 15 is 0 Å². The van der Waals surface area contributed by atoms with Crippen molar-refractivity contribution < 1.29 is 9.21 Å². The third-order valence-corrected chi connectivity index (χ3v) is 2.86. The van der Waals surface area contributed by atoms with Crippen molar-refractivity contribution in [3.8, 4) is 0 Å². The van der Waals surface area contributed by atoms with Crippen molar-refractivity contribution in [2.24, 2.45) is 0 Å². The molecule has 82 valence electrons. The molecule has 0 atom stereocenters. The summed E-state index contributed by atoms with van der Waals surface area (Å²) in [6, 6.07) is 9.27. The number of carbonyl (C=O) groups is 1. The number of furan rings is 1. The van der Waals surface area contributed by atoms with Crippen molar-refractivity contribution in [2.75, 3.05) is 0 Å². The third-order valence-electron chi connectivity index (χ3n) is 2.14. The largest absolute Gasteiger partial charge is 0.472 e. The van der Waals surface area contributed by atoms with Crippen molar-refractivity contribution in [1.29, 1.82) is 0 Å². The Morgan fingerprint density at radius 2 is 2.00 bits per heavy atom. The maximum Gasteiger partial charge on any atom is 0.251 e. The molecule has 0 bridgehead atoms. The van der Waals surface area contributed by atoms with Crippen molar-refractivity contribution in [2.45, 2.75) is 6.54 Å². The van der Waals surface area contributed by atoms with Crippen molar-refractivity contribution in [3.63, 3.8) is 0 Å². The maximum atomic E-state index is 11.7. The zero-order valence-corrected chi connectivity index (χ0v) is 10.6. The molecule has 2 aromatic rings. The number of nitrogens with one attached hydrogen (secondary N) is 1. The number of benzene rings is 1. The first kappa shape index (κ1) is 11.2. The van der Waals surface area contributed by atoms with Gasteiger partial charge in [-0.1, -0.05) is 0 Å². The summed E-state index contributed by atoms with van der Waals surface area (Å²) in [5.41, 5.74) is 1.63. The topological polar surface area (TPSA) is 42.2 Å². The molecule has 1 heterocycles. The highest BCUT2D eigenvalue weighted by atomic mass is 127. The minimum atomic E-state index is -0.0717. The smallest absolute Gasteiger partial charge is 0.251 e. The molecule has 0 aliphatic rings. The van der Waals surface area contributed by atoms with Gasteiger partial charge >= 0.3 is 0 Å². The van der Waals surface area contributed by atoms with E-state index in [0.29, 0.717) is 12.1 Å². The Morgan fingerprint density at radius 1 is 1.25 bits per heavy atom. The molecule has 2 rings (SSSR count). The molecule has 1 N–H and O–H groups in total. The van der Waals surface area contributed by atoms with E-state index in [1.807, 2.05) is 30.3 Å². The van der Waals surface area contributed by atoms with Crippen LogP contribution in [0.5, 0.6) is 0 Å². The van der Waals surface area contributed by atoms with Gasteiger partial charge in [0.15, 0.2) is 0 Å². The van der Waals surface area contributed by atoms with Crippen LogP contribution in [0.15, 0.2) is 47.3 Å². The van der Waals surface area contributed by atoms with E-state index in [0.717, 1.165) is 9.13 Å². The van der Waals surface area contributed by atoms with Gasteiger partial charge in [0.05, 0.1) is 12.5 Å². The van der Waals surface area contributed by atoms with Gasteiger partial charge in [-0.05, 0) is 52.9 Å². The van der Waals surface area contributed by atoms with Gasteiger partial charge in [0.25, 0.3) is 5.91 Å². The van der Waals surface area contributed by atoms with E-state index in [-0.39, 0.29) is 5.91 Å². The summed E-state index contributed by atoms with van der Waals surface area (Å²) < 4.78 is 6.03. The molecule has 1 aromatic carbocycles. The van der Waals surface area contributed by atoms with E-state index in [4.69, 9.17) is 4.42 Å². The van der Waals surface area contributed by atoms with Crippen LogP contribution in [0.2, 0.25) is 0 Å². The molecule has 0 unspecified atom stereocenters. The highest BCUT2D eigenvalue weighted by molar-refractivity contribution is 14.1. The predicted molar refractivity (Wildman–Crippen MR) is 69.0 cm³/mol. The first-order valence-corrected chi connectivity index (χ1v) is 5.88. The van der Waals surface area contributed by atoms with E-state index in [1.54, 1.807) is 12.5 Å². The lowest BCUT2D eigenvalue weighted by atomic mass is 10.2. The first-order chi connectivity index (χ1) is 7.75. The van der Waals surface area contributed by atoms with Crippen molar-refractivity contribution >= 4 is 28.5 Å². The van der Waals surface area contributed by atoms with Gasteiger partial charge < -0.3 is 9.73 Å². The molecule has 0 radical (unpaired) electrons. The Morgan fingerprint density at radius 3 is 2.62 bits per heavy atom. The fraction of sp³-hybridized carbons (Fsp3) is 0.0833. The summed E-state index contributed by atoms with van der Waals surface area (Å²) in [4.78, 5) is 11.7. The van der Waals surface area contributed by atoms with Gasteiger partial charge in [0, 0.05) is 21.2 Å². The van der Waals surface area contributed by atoms with Crippen LogP contribution in [0.1, 0.15) is 15.9 Å². The van der Waals surface area contributed by atoms with Gasteiger partial charge in [-0.15, -0.1) is 0 Å². The molecule has 0 saturated carbocycles. The van der Waals surface area contributed by atoms with Gasteiger partial charge in [-0.2, -0.15) is 0 Å². The fourth-order valence-corrected chi connectivity index (χ4v) is 1.64. The van der Waals surface area contributed by atoms with E-state index in [2.05, 4.69) is 27.9 Å². The lowest BCUT2D eigenvalue weighted by molar-refractivity contribution is 0.0951. The quantitative estimate of drug-likeness (QED) is 0.881. The summed E-state index contributed by atoms with van der Waals surface area (Å²) in [5, 5.41) is 2.82. The second-order valence-corrected chi connectivity index (χ2v) is 4.57. The summed E-state index contributed by atoms with van der Waals surface area (Å²) >= 11 is 2.21. The maximum absolute atomic E-state index is 11.7. The number of hydrogen-bond acceptors (Lipinski definition) is 2. The normalized spacial score (nSPS) is 10.1. The zero-order valence-electron chi connectivity index (χ0n) is 8.44. The van der Waals surface area contributed by atoms with E-state index in [9.17, 15) is 4.79 Å². The van der Waals surface area contributed by atoms with Crippen LogP contribution < -0.4 is 5.32 Å². The molecule has 0 spiro atoms. The summed E-state index contributed by atoms with van der Waals surface area (Å²) in [7, 11) is 0. The molecule has 0 aliphatic heterocycles. The zero-order chi connectivity index (χ0) is 11.4. The van der Waals surface area contributed by atoms with Crippen LogP contribution in [-0.2, 0) is 6.54 Å². The Hall–Kier alpha value is -1.30. The number of halogens is 1. The molecule has 1 amide bonds. The number of amides is 1. The van der Waals surface area contributed by atoms with Gasteiger partial charge in [-0.25, -0.2) is 0 Å². The SMILES string of the molecule is O=C(NCc1ccoc1)c1ccc(I)cc1. The molecule has 4 heteroatoms. The van der Waals surface area contributed by atoms with E-state index < -0.39 is 0 Å². The van der Waals surface area contributed by atoms with Crippen LogP contribution in [0.4, 0.5) is 0 Å². The molecule has 1 aromatic heterocycles. The number of hydrogen-bond donors (Lipinski definition) is 1. The van der Waals surface area contributed by atoms with Crippen molar-refractivity contribution in [3.05, 3.63) is 57.6 Å². The second kappa shape index (κ2) is 5.16. The highest BCUT2D eigenvalue weighted by Crippen LogP contribution is 2.07. The molecule has 0 fully saturated rings. The number of carbonyl (C=O) groups excluding carboxylic acids is 1. The van der Waals surface area contributed by atoms with E-state index in [1.165, 1.54) is 0 Å². The third kappa shape index (κ3) is 2.85. The molecular formula is C12H10INO2. The van der Waals surface area contributed by atoms with Gasteiger partial charge in [0.1, 0.15) is 0 Å². The van der Waals surface area contributed by atoms with Crippen LogP contribution >= 0.6 is 22.6 Å². The molecule has 0 saturated heterocycles. The Balaban J connectivity index is 1.95. The van der Waals surface area contributed by atoms with Crippen LogP contribution in [-0.4, -0.2) is 5.91 Å². The lowest BCUT2D eigenvalue weighted by Gasteiger charge is -2.03. The average Bonchev–Trinajstić information content (AvgIpc) is 2.80. The van der Waals surface area contributed by atoms with Crippen LogP contribution in [0.25, 0.3) is 0 Å². The minimum absolute atomic E-state index is 0.0717. The first-order valence-electron chi connectivity index (χ1n) is 4.80. The Bertz CT molecular complexity index is 462. The van der Waals surface area contributed by atoms with Crippen LogP contribution in [0, 0.1) is 3.57 Å². The molecule has 16 heavy (non-hydrogen) atoms. The second-order valence-electron chi connectivity index (χ2n) is 3.32. The summed E-state index contributed by atoms with van der Waals surface area (Å²) in [5.74, 6) is -0.0717. The minimum Gasteiger partial charge on any atom is -0.472 e. The molecule has 3 nitrogen and oxygen atoms in total. The molecular weight excluding hydrogens is 317 g/mol. The fourth-order valence-electron chi connectivity index (χ4n) is 1.28. The van der Waals surface area contributed by atoms with Crippen LogP contribution in [0.3, 0.4) is 0 Å². The van der Waals surface area contributed by atoms with Gasteiger partial charge in [0.2, 0.25) is 0 Å². The Labute approximate surface area is 107 Å². The summed E-state index contributed by atoms with van der Waals surface area (Å²) in [6.07, 6.45) is 3.21. The Kier molecular flexibility index (Phi) is 3.61. The van der Waals surface area contributed by atoms with Gasteiger partial charge in [-0.3, -0.25) is 4.79 Å². The number of rotatable bonds is 3. The van der Waals surface area contributed by atoms with Crippen molar-refractivity contribution in [1.82, 2.24) is 5.32 Å². The standard InChI is InChI=1S/C12H10INO2/c13-11-3-1-10(2-4-11)12(15)14-7-9-5-6-16-8-9/h1-6,8H,7H2,(H,14,15). The predicted octanol–water partition coefficient (Wildman–Crippen LogP) is 2.81. The average molecular weight is 327 g/mol.